The number of carbonyl (C=O) groups is 2. The maximum atomic E-state index is 13.2. The van der Waals surface area contributed by atoms with Crippen LogP contribution in [0.1, 0.15) is 36.0 Å². The van der Waals surface area contributed by atoms with Gasteiger partial charge in [-0.15, -0.1) is 11.3 Å². The van der Waals surface area contributed by atoms with Crippen LogP contribution in [0.5, 0.6) is 0 Å². The largest absolute Gasteiger partial charge is 0.462 e. The van der Waals surface area contributed by atoms with Crippen molar-refractivity contribution < 1.29 is 22.7 Å². The summed E-state index contributed by atoms with van der Waals surface area (Å²) in [4.78, 5) is 33.8. The fourth-order valence-electron chi connectivity index (χ4n) is 3.44. The highest BCUT2D eigenvalue weighted by Gasteiger charge is 2.22. The minimum atomic E-state index is -4.07. The number of aryl methyl sites for hydroxylation is 1. The molecular formula is C25H25N5O5S2. The van der Waals surface area contributed by atoms with Gasteiger partial charge >= 0.3 is 5.97 Å². The van der Waals surface area contributed by atoms with Crippen LogP contribution in [-0.4, -0.2) is 36.9 Å². The Morgan fingerprint density at radius 2 is 1.62 bits per heavy atom. The van der Waals surface area contributed by atoms with Crippen LogP contribution >= 0.6 is 11.3 Å². The molecule has 12 heteroatoms. The van der Waals surface area contributed by atoms with E-state index in [0.29, 0.717) is 33.7 Å². The summed E-state index contributed by atoms with van der Waals surface area (Å²) in [5.41, 5.74) is 1.83. The first-order valence-corrected chi connectivity index (χ1v) is 13.7. The summed E-state index contributed by atoms with van der Waals surface area (Å²) in [5, 5.41) is 6.17. The molecule has 3 N–H and O–H groups in total. The van der Waals surface area contributed by atoms with E-state index in [1.807, 2.05) is 6.92 Å². The summed E-state index contributed by atoms with van der Waals surface area (Å²) < 4.78 is 34.1. The lowest BCUT2D eigenvalue weighted by Gasteiger charge is -2.14. The van der Waals surface area contributed by atoms with Crippen molar-refractivity contribution in [2.24, 2.45) is 0 Å². The predicted octanol–water partition coefficient (Wildman–Crippen LogP) is 4.93. The topological polar surface area (TPSA) is 139 Å². The molecule has 0 bridgehead atoms. The van der Waals surface area contributed by atoms with Gasteiger partial charge in [0.05, 0.1) is 28.1 Å². The Hall–Kier alpha value is -4.03. The second-order valence-electron chi connectivity index (χ2n) is 7.88. The number of nitrogens with zero attached hydrogens (tertiary/aromatic N) is 2. The number of hydrogen-bond donors (Lipinski definition) is 3. The zero-order valence-corrected chi connectivity index (χ0v) is 22.0. The Bertz CT molecular complexity index is 1570. The van der Waals surface area contributed by atoms with E-state index in [2.05, 4.69) is 25.3 Å². The minimum Gasteiger partial charge on any atom is -0.462 e. The molecule has 0 unspecified atom stereocenters. The summed E-state index contributed by atoms with van der Waals surface area (Å²) in [6.45, 7) is 5.28. The van der Waals surface area contributed by atoms with Crippen LogP contribution in [0.25, 0.3) is 11.0 Å². The number of anilines is 4. The SMILES string of the molecule is CCOC(=O)c1cc(CC)sc1Nc1nc2ccccc2nc1NS(=O)(=O)c1ccc(NC(C)=O)cc1. The third kappa shape index (κ3) is 6.04. The molecule has 2 aromatic carbocycles. The van der Waals surface area contributed by atoms with Gasteiger partial charge < -0.3 is 15.4 Å². The molecule has 192 valence electrons. The van der Waals surface area contributed by atoms with E-state index in [1.165, 1.54) is 42.5 Å². The molecule has 0 spiro atoms. The summed E-state index contributed by atoms with van der Waals surface area (Å²) >= 11 is 1.35. The van der Waals surface area contributed by atoms with E-state index in [9.17, 15) is 18.0 Å². The number of para-hydroxylation sites is 2. The van der Waals surface area contributed by atoms with Gasteiger partial charge in [0.2, 0.25) is 5.91 Å². The fourth-order valence-corrected chi connectivity index (χ4v) is 5.43. The molecule has 0 aliphatic rings. The monoisotopic (exact) mass is 539 g/mol. The molecule has 2 heterocycles. The van der Waals surface area contributed by atoms with Crippen LogP contribution in [0.15, 0.2) is 59.5 Å². The number of esters is 1. The smallest absolute Gasteiger partial charge is 0.341 e. The number of fused-ring (bicyclic) bond motifs is 1. The lowest BCUT2D eigenvalue weighted by Crippen LogP contribution is -2.16. The lowest BCUT2D eigenvalue weighted by molar-refractivity contribution is -0.114. The van der Waals surface area contributed by atoms with Gasteiger partial charge in [0.15, 0.2) is 11.6 Å². The van der Waals surface area contributed by atoms with Crippen LogP contribution in [0.4, 0.5) is 22.3 Å². The highest BCUT2D eigenvalue weighted by atomic mass is 32.2. The van der Waals surface area contributed by atoms with Crippen molar-refractivity contribution in [2.45, 2.75) is 32.1 Å². The molecule has 4 rings (SSSR count). The number of carbonyl (C=O) groups excluding carboxylic acids is 2. The quantitative estimate of drug-likeness (QED) is 0.254. The van der Waals surface area contributed by atoms with Crippen molar-refractivity contribution in [3.63, 3.8) is 0 Å². The van der Waals surface area contributed by atoms with Gasteiger partial charge in [0.1, 0.15) is 5.00 Å². The summed E-state index contributed by atoms with van der Waals surface area (Å²) in [6, 6.07) is 14.5. The third-order valence-electron chi connectivity index (χ3n) is 5.15. The number of thiophene rings is 1. The van der Waals surface area contributed by atoms with Crippen molar-refractivity contribution in [2.75, 3.05) is 22.0 Å². The van der Waals surface area contributed by atoms with Gasteiger partial charge in [0.25, 0.3) is 10.0 Å². The van der Waals surface area contributed by atoms with Crippen molar-refractivity contribution in [3.05, 3.63) is 65.0 Å². The molecule has 0 saturated heterocycles. The summed E-state index contributed by atoms with van der Waals surface area (Å²) in [6.07, 6.45) is 0.704. The number of nitrogens with one attached hydrogen (secondary N) is 3. The van der Waals surface area contributed by atoms with Crippen LogP contribution < -0.4 is 15.4 Å². The molecule has 1 amide bonds. The van der Waals surface area contributed by atoms with E-state index in [1.54, 1.807) is 37.3 Å². The fraction of sp³-hybridized carbons (Fsp3) is 0.200. The number of rotatable bonds is 9. The Balaban J connectivity index is 1.74. The first kappa shape index (κ1) is 26.0. The predicted molar refractivity (Wildman–Crippen MR) is 144 cm³/mol. The summed E-state index contributed by atoms with van der Waals surface area (Å²) in [5.74, 6) is -0.660. The average molecular weight is 540 g/mol. The molecule has 0 atom stereocenters. The van der Waals surface area contributed by atoms with Gasteiger partial charge in [-0.3, -0.25) is 9.52 Å². The van der Waals surface area contributed by atoms with Crippen molar-refractivity contribution in [1.29, 1.82) is 0 Å². The number of benzene rings is 2. The van der Waals surface area contributed by atoms with Gasteiger partial charge in [-0.1, -0.05) is 19.1 Å². The van der Waals surface area contributed by atoms with Crippen LogP contribution in [0.3, 0.4) is 0 Å². The van der Waals surface area contributed by atoms with Crippen LogP contribution in [0.2, 0.25) is 0 Å². The first-order chi connectivity index (χ1) is 17.7. The zero-order valence-electron chi connectivity index (χ0n) is 20.4. The van der Waals surface area contributed by atoms with E-state index in [0.717, 1.165) is 4.88 Å². The Kier molecular flexibility index (Phi) is 7.69. The standard InChI is InChI=1S/C25H25N5O5S2/c1-4-17-14-19(25(32)35-5-2)24(36-17)29-22-23(28-21-9-7-6-8-20(21)27-22)30-37(33,34)18-12-10-16(11-13-18)26-15(3)31/h6-14H,4-5H2,1-3H3,(H,26,31)(H,27,29)(H,28,30). The van der Waals surface area contributed by atoms with E-state index >= 15 is 0 Å². The maximum Gasteiger partial charge on any atom is 0.341 e. The highest BCUT2D eigenvalue weighted by Crippen LogP contribution is 2.34. The van der Waals surface area contributed by atoms with E-state index in [4.69, 9.17) is 4.74 Å². The van der Waals surface area contributed by atoms with Crippen molar-refractivity contribution in [3.8, 4) is 0 Å². The van der Waals surface area contributed by atoms with Gasteiger partial charge in [-0.25, -0.2) is 23.2 Å². The molecule has 0 fully saturated rings. The number of hydrogen-bond acceptors (Lipinski definition) is 9. The second kappa shape index (κ2) is 10.9. The van der Waals surface area contributed by atoms with Crippen LogP contribution in [-0.2, 0) is 26.0 Å². The molecule has 10 nitrogen and oxygen atoms in total. The van der Waals surface area contributed by atoms with Gasteiger partial charge in [-0.2, -0.15) is 0 Å². The lowest BCUT2D eigenvalue weighted by atomic mass is 10.2. The number of aromatic nitrogens is 2. The molecule has 37 heavy (non-hydrogen) atoms. The van der Waals surface area contributed by atoms with Crippen molar-refractivity contribution in [1.82, 2.24) is 9.97 Å². The van der Waals surface area contributed by atoms with Gasteiger partial charge in [0, 0.05) is 17.5 Å². The molecule has 4 aromatic rings. The molecule has 0 saturated carbocycles. The van der Waals surface area contributed by atoms with E-state index in [-0.39, 0.29) is 29.0 Å². The van der Waals surface area contributed by atoms with Crippen molar-refractivity contribution >= 4 is 66.6 Å². The first-order valence-electron chi connectivity index (χ1n) is 11.4. The Labute approximate surface area is 218 Å². The molecule has 0 aliphatic carbocycles. The second-order valence-corrected chi connectivity index (χ2v) is 10.7. The average Bonchev–Trinajstić information content (AvgIpc) is 3.27. The minimum absolute atomic E-state index is 0.0286. The Morgan fingerprint density at radius 3 is 2.22 bits per heavy atom. The zero-order chi connectivity index (χ0) is 26.6. The van der Waals surface area contributed by atoms with E-state index < -0.39 is 16.0 Å². The molecular weight excluding hydrogens is 514 g/mol. The molecule has 0 radical (unpaired) electrons. The molecule has 2 aromatic heterocycles. The Morgan fingerprint density at radius 1 is 0.973 bits per heavy atom. The number of amides is 1. The maximum absolute atomic E-state index is 13.2. The third-order valence-corrected chi connectivity index (χ3v) is 7.70. The summed E-state index contributed by atoms with van der Waals surface area (Å²) in [7, 11) is -4.07. The van der Waals surface area contributed by atoms with Gasteiger partial charge in [-0.05, 0) is 55.8 Å². The molecule has 0 aliphatic heterocycles. The van der Waals surface area contributed by atoms with Crippen LogP contribution in [0, 0.1) is 0 Å². The normalized spacial score (nSPS) is 11.2. The number of ether oxygens (including phenoxy) is 1. The number of sulfonamides is 1. The highest BCUT2D eigenvalue weighted by molar-refractivity contribution is 7.92.